The van der Waals surface area contributed by atoms with Crippen LogP contribution in [0.15, 0.2) is 11.6 Å². The van der Waals surface area contributed by atoms with Gasteiger partial charge in [-0.3, -0.25) is 14.4 Å². The molecule has 0 spiro atoms. The van der Waals surface area contributed by atoms with Crippen molar-refractivity contribution >= 4 is 17.7 Å². The van der Waals surface area contributed by atoms with Crippen molar-refractivity contribution in [3.8, 4) is 0 Å². The second-order valence-electron chi connectivity index (χ2n) is 5.67. The summed E-state index contributed by atoms with van der Waals surface area (Å²) in [7, 11) is 0. The number of ether oxygens (including phenoxy) is 1. The molecule has 1 rings (SSSR count). The van der Waals surface area contributed by atoms with Crippen molar-refractivity contribution < 1.29 is 24.2 Å². The van der Waals surface area contributed by atoms with Crippen LogP contribution in [0, 0.1) is 17.3 Å². The molecule has 2 unspecified atom stereocenters. The number of ketones is 1. The second-order valence-corrected chi connectivity index (χ2v) is 5.67. The molecule has 5 heteroatoms. The van der Waals surface area contributed by atoms with Crippen LogP contribution in [-0.4, -0.2) is 29.4 Å². The first-order chi connectivity index (χ1) is 8.70. The third-order valence-corrected chi connectivity index (χ3v) is 3.49. The molecule has 0 aliphatic heterocycles. The maximum absolute atomic E-state index is 11.8. The van der Waals surface area contributed by atoms with Crippen molar-refractivity contribution in [1.29, 1.82) is 0 Å². The van der Waals surface area contributed by atoms with E-state index in [0.29, 0.717) is 0 Å². The van der Waals surface area contributed by atoms with E-state index in [4.69, 9.17) is 5.11 Å². The molecule has 1 N–H and O–H groups in total. The average Bonchev–Trinajstić information content (AvgIpc) is 2.78. The fourth-order valence-electron chi connectivity index (χ4n) is 2.21. The Morgan fingerprint density at radius 1 is 1.26 bits per heavy atom. The van der Waals surface area contributed by atoms with Gasteiger partial charge in [0.05, 0.1) is 12.5 Å². The highest BCUT2D eigenvalue weighted by Crippen LogP contribution is 2.59. The van der Waals surface area contributed by atoms with Crippen LogP contribution in [0.1, 0.15) is 34.1 Å². The molecule has 2 atom stereocenters. The largest absolute Gasteiger partial charge is 0.393 e. The van der Waals surface area contributed by atoms with Crippen molar-refractivity contribution in [3.05, 3.63) is 11.6 Å². The fourth-order valence-corrected chi connectivity index (χ4v) is 2.21. The van der Waals surface area contributed by atoms with Crippen LogP contribution in [0.2, 0.25) is 0 Å². The number of aliphatic hydroxyl groups excluding tert-OH is 1. The highest BCUT2D eigenvalue weighted by molar-refractivity contribution is 5.99. The van der Waals surface area contributed by atoms with Crippen molar-refractivity contribution in [1.82, 2.24) is 0 Å². The molecule has 5 nitrogen and oxygen atoms in total. The van der Waals surface area contributed by atoms with E-state index in [0.717, 1.165) is 5.57 Å². The summed E-state index contributed by atoms with van der Waals surface area (Å²) in [5, 5.41) is 8.98. The molecule has 0 bridgehead atoms. The van der Waals surface area contributed by atoms with Crippen molar-refractivity contribution in [3.63, 3.8) is 0 Å². The van der Waals surface area contributed by atoms with Gasteiger partial charge in [-0.05, 0) is 25.2 Å². The topological polar surface area (TPSA) is 80.7 Å². The van der Waals surface area contributed by atoms with Crippen molar-refractivity contribution in [2.75, 3.05) is 6.61 Å². The van der Waals surface area contributed by atoms with Gasteiger partial charge in [0.15, 0.2) is 0 Å². The first kappa shape index (κ1) is 15.6. The number of carbonyl (C=O) groups excluding carboxylic acids is 3. The Labute approximate surface area is 112 Å². The molecule has 106 valence electrons. The van der Waals surface area contributed by atoms with Gasteiger partial charge in [-0.25, -0.2) is 0 Å². The van der Waals surface area contributed by atoms with Gasteiger partial charge in [0.25, 0.3) is 0 Å². The predicted molar refractivity (Wildman–Crippen MR) is 68.0 cm³/mol. The van der Waals surface area contributed by atoms with E-state index in [2.05, 4.69) is 4.74 Å². The summed E-state index contributed by atoms with van der Waals surface area (Å²) in [6, 6.07) is 0. The third-order valence-electron chi connectivity index (χ3n) is 3.49. The van der Waals surface area contributed by atoms with Gasteiger partial charge in [-0.1, -0.05) is 25.5 Å². The summed E-state index contributed by atoms with van der Waals surface area (Å²) in [4.78, 5) is 33.9. The summed E-state index contributed by atoms with van der Waals surface area (Å²) in [6.07, 6.45) is 1.45. The van der Waals surface area contributed by atoms with Crippen LogP contribution >= 0.6 is 0 Å². The molecular formula is C14H20O5. The number of allylic oxidation sites excluding steroid dienone is 1. The summed E-state index contributed by atoms with van der Waals surface area (Å²) in [6.45, 7) is 6.79. The number of rotatable bonds is 5. The normalized spacial score (nSPS) is 24.8. The molecule has 1 fully saturated rings. The van der Waals surface area contributed by atoms with E-state index in [-0.39, 0.29) is 30.1 Å². The van der Waals surface area contributed by atoms with Gasteiger partial charge >= 0.3 is 11.9 Å². The zero-order valence-corrected chi connectivity index (χ0v) is 11.7. The molecule has 0 aromatic rings. The lowest BCUT2D eigenvalue weighted by molar-refractivity contribution is -0.161. The smallest absolute Gasteiger partial charge is 0.320 e. The first-order valence-corrected chi connectivity index (χ1v) is 6.22. The highest BCUT2D eigenvalue weighted by Gasteiger charge is 2.61. The van der Waals surface area contributed by atoms with Crippen LogP contribution in [0.5, 0.6) is 0 Å². The Kier molecular flexibility index (Phi) is 4.63. The maximum Gasteiger partial charge on any atom is 0.320 e. The number of esters is 2. The molecule has 0 saturated heterocycles. The molecule has 1 aliphatic carbocycles. The number of hydrogen-bond donors (Lipinski definition) is 1. The van der Waals surface area contributed by atoms with Crippen molar-refractivity contribution in [2.24, 2.45) is 17.3 Å². The predicted octanol–water partition coefficient (Wildman–Crippen LogP) is 1.25. The summed E-state index contributed by atoms with van der Waals surface area (Å²) >= 11 is 0. The number of Topliss-reactive ketones (excluding diaryl/α,β-unsaturated/α-hetero) is 1. The van der Waals surface area contributed by atoms with Gasteiger partial charge in [0.1, 0.15) is 12.2 Å². The molecule has 0 heterocycles. The molecule has 0 aromatic heterocycles. The van der Waals surface area contributed by atoms with Gasteiger partial charge < -0.3 is 9.84 Å². The molecule has 1 aliphatic rings. The number of aliphatic hydroxyl groups is 1. The van der Waals surface area contributed by atoms with Crippen LogP contribution < -0.4 is 0 Å². The number of hydrogen-bond acceptors (Lipinski definition) is 5. The van der Waals surface area contributed by atoms with E-state index in [1.807, 2.05) is 19.9 Å². The lowest BCUT2D eigenvalue weighted by Crippen LogP contribution is -2.18. The Morgan fingerprint density at radius 2 is 1.84 bits per heavy atom. The first-order valence-electron chi connectivity index (χ1n) is 6.22. The minimum Gasteiger partial charge on any atom is -0.393 e. The van der Waals surface area contributed by atoms with Gasteiger partial charge in [-0.2, -0.15) is 0 Å². The van der Waals surface area contributed by atoms with E-state index in [9.17, 15) is 14.4 Å². The fraction of sp³-hybridized carbons (Fsp3) is 0.643. The zero-order chi connectivity index (χ0) is 14.8. The van der Waals surface area contributed by atoms with Gasteiger partial charge in [0, 0.05) is 0 Å². The molecule has 0 aromatic carbocycles. The van der Waals surface area contributed by atoms with Gasteiger partial charge in [0.2, 0.25) is 0 Å². The monoisotopic (exact) mass is 268 g/mol. The quantitative estimate of drug-likeness (QED) is 0.461. The lowest BCUT2D eigenvalue weighted by Gasteiger charge is -2.02. The Morgan fingerprint density at radius 3 is 2.32 bits per heavy atom. The molecule has 19 heavy (non-hydrogen) atoms. The minimum atomic E-state index is -0.804. The SMILES string of the molecule is CC(=O)CC(=O)OC(=O)C1C(/C=C(\C)CO)C1(C)C. The van der Waals surface area contributed by atoms with E-state index >= 15 is 0 Å². The Bertz CT molecular complexity index is 433. The highest BCUT2D eigenvalue weighted by atomic mass is 16.6. The Balaban J connectivity index is 2.64. The molecular weight excluding hydrogens is 248 g/mol. The van der Waals surface area contributed by atoms with E-state index < -0.39 is 17.9 Å². The van der Waals surface area contributed by atoms with Crippen LogP contribution in [0.25, 0.3) is 0 Å². The molecule has 0 radical (unpaired) electrons. The standard InChI is InChI=1S/C14H20O5/c1-8(7-15)5-10-12(14(10,3)4)13(18)19-11(17)6-9(2)16/h5,10,12,15H,6-7H2,1-4H3/b8-5+. The molecule has 0 amide bonds. The van der Waals surface area contributed by atoms with Crippen LogP contribution in [-0.2, 0) is 19.1 Å². The summed E-state index contributed by atoms with van der Waals surface area (Å²) < 4.78 is 4.68. The number of carbonyl (C=O) groups is 3. The zero-order valence-electron chi connectivity index (χ0n) is 11.7. The maximum atomic E-state index is 11.8. The minimum absolute atomic E-state index is 0.0442. The van der Waals surface area contributed by atoms with E-state index in [1.165, 1.54) is 6.92 Å². The van der Waals surface area contributed by atoms with Crippen LogP contribution in [0.4, 0.5) is 0 Å². The Hall–Kier alpha value is -1.49. The van der Waals surface area contributed by atoms with E-state index in [1.54, 1.807) is 6.92 Å². The summed E-state index contributed by atoms with van der Waals surface area (Å²) in [5.41, 5.74) is 0.493. The lowest BCUT2D eigenvalue weighted by atomic mass is 10.1. The van der Waals surface area contributed by atoms with Gasteiger partial charge in [-0.15, -0.1) is 0 Å². The second kappa shape index (κ2) is 5.65. The average molecular weight is 268 g/mol. The summed E-state index contributed by atoms with van der Waals surface area (Å²) in [5.74, 6) is -2.17. The third kappa shape index (κ3) is 3.73. The van der Waals surface area contributed by atoms with Crippen molar-refractivity contribution in [2.45, 2.75) is 34.1 Å². The van der Waals surface area contributed by atoms with Crippen LogP contribution in [0.3, 0.4) is 0 Å². The molecule has 1 saturated carbocycles.